The first-order valence-corrected chi connectivity index (χ1v) is 9.64. The summed E-state index contributed by atoms with van der Waals surface area (Å²) in [5.41, 5.74) is 2.92. The van der Waals surface area contributed by atoms with Gasteiger partial charge in [-0.1, -0.05) is 81.0 Å². The molecule has 1 N–H and O–H groups in total. The van der Waals surface area contributed by atoms with Crippen molar-refractivity contribution in [3.63, 3.8) is 0 Å². The van der Waals surface area contributed by atoms with Gasteiger partial charge in [-0.2, -0.15) is 0 Å². The molecule has 0 aliphatic carbocycles. The van der Waals surface area contributed by atoms with Crippen LogP contribution in [0, 0.1) is 0 Å². The highest BCUT2D eigenvalue weighted by molar-refractivity contribution is 5.14. The second-order valence-corrected chi connectivity index (χ2v) is 6.74. The van der Waals surface area contributed by atoms with Gasteiger partial charge < -0.3 is 5.11 Å². The highest BCUT2D eigenvalue weighted by atomic mass is 16.2. The minimum atomic E-state index is 0.349. The number of benzene rings is 1. The van der Waals surface area contributed by atoms with E-state index in [9.17, 15) is 0 Å². The summed E-state index contributed by atoms with van der Waals surface area (Å²) in [6, 6.07) is 10.8. The van der Waals surface area contributed by atoms with E-state index in [0.29, 0.717) is 6.61 Å². The van der Waals surface area contributed by atoms with E-state index >= 15 is 0 Å². The van der Waals surface area contributed by atoms with Crippen molar-refractivity contribution in [2.75, 3.05) is 6.61 Å². The van der Waals surface area contributed by atoms with Crippen LogP contribution in [0.15, 0.2) is 42.5 Å². The Balaban J connectivity index is 1.84. The summed E-state index contributed by atoms with van der Waals surface area (Å²) in [4.78, 5) is 0. The first-order valence-electron chi connectivity index (χ1n) is 9.64. The van der Waals surface area contributed by atoms with Gasteiger partial charge >= 0.3 is 0 Å². The molecular formula is C22H36O. The number of aliphatic hydroxyl groups is 1. The lowest BCUT2D eigenvalue weighted by molar-refractivity contribution is 0.282. The Kier molecular flexibility index (Phi) is 12.6. The molecule has 0 unspecified atom stereocenters. The molecule has 0 aliphatic heterocycles. The van der Waals surface area contributed by atoms with Gasteiger partial charge in [0.25, 0.3) is 0 Å². The lowest BCUT2D eigenvalue weighted by atomic mass is 10.0. The first kappa shape index (κ1) is 20.0. The molecule has 1 aromatic carbocycles. The number of aliphatic hydroxyl groups excluding tert-OH is 1. The second-order valence-electron chi connectivity index (χ2n) is 6.74. The van der Waals surface area contributed by atoms with Crippen molar-refractivity contribution in [2.45, 2.75) is 83.5 Å². The summed E-state index contributed by atoms with van der Waals surface area (Å²) in [5.74, 6) is 0. The zero-order valence-corrected chi connectivity index (χ0v) is 14.9. The molecule has 130 valence electrons. The molecule has 0 fully saturated rings. The van der Waals surface area contributed by atoms with Crippen molar-refractivity contribution < 1.29 is 5.11 Å². The highest BCUT2D eigenvalue weighted by Gasteiger charge is 1.98. The number of rotatable bonds is 15. The molecule has 0 amide bonds. The third kappa shape index (κ3) is 12.1. The predicted molar refractivity (Wildman–Crippen MR) is 102 cm³/mol. The van der Waals surface area contributed by atoms with Crippen LogP contribution < -0.4 is 0 Å². The van der Waals surface area contributed by atoms with Gasteiger partial charge in [-0.25, -0.2) is 0 Å². The number of hydrogen-bond acceptors (Lipinski definition) is 1. The molecule has 1 aromatic rings. The topological polar surface area (TPSA) is 20.2 Å². The van der Waals surface area contributed by atoms with Crippen molar-refractivity contribution >= 4 is 0 Å². The minimum absolute atomic E-state index is 0.349. The Bertz CT molecular complexity index is 382. The van der Waals surface area contributed by atoms with Crippen molar-refractivity contribution in [2.24, 2.45) is 0 Å². The summed E-state index contributed by atoms with van der Waals surface area (Å²) in [5, 5.41) is 8.72. The van der Waals surface area contributed by atoms with Gasteiger partial charge in [-0.05, 0) is 50.5 Å². The van der Waals surface area contributed by atoms with Crippen LogP contribution >= 0.6 is 0 Å². The molecule has 0 atom stereocenters. The number of hydrogen-bond donors (Lipinski definition) is 1. The van der Waals surface area contributed by atoms with Crippen molar-refractivity contribution in [3.05, 3.63) is 48.0 Å². The van der Waals surface area contributed by atoms with Crippen LogP contribution in [0.1, 0.15) is 82.6 Å². The quantitative estimate of drug-likeness (QED) is 0.291. The average molecular weight is 317 g/mol. The summed E-state index contributed by atoms with van der Waals surface area (Å²) in [7, 11) is 0. The Hall–Kier alpha value is -1.08. The maximum atomic E-state index is 8.72. The smallest absolute Gasteiger partial charge is 0.0431 e. The summed E-state index contributed by atoms with van der Waals surface area (Å²) in [6.07, 6.45) is 16.3. The third-order valence-electron chi connectivity index (χ3n) is 4.53. The fourth-order valence-corrected chi connectivity index (χ4v) is 3.02. The average Bonchev–Trinajstić information content (AvgIpc) is 2.58. The maximum Gasteiger partial charge on any atom is 0.0431 e. The maximum absolute atomic E-state index is 8.72. The molecule has 0 radical (unpaired) electrons. The Labute approximate surface area is 143 Å². The van der Waals surface area contributed by atoms with Crippen LogP contribution in [-0.4, -0.2) is 11.7 Å². The molecule has 0 saturated heterocycles. The van der Waals surface area contributed by atoms with Crippen LogP contribution in [0.25, 0.3) is 0 Å². The largest absolute Gasteiger partial charge is 0.396 e. The number of allylic oxidation sites excluding steroid dienone is 1. The fourth-order valence-electron chi connectivity index (χ4n) is 3.02. The molecule has 1 nitrogen and oxygen atoms in total. The molecule has 1 heteroatoms. The van der Waals surface area contributed by atoms with E-state index in [2.05, 4.69) is 36.9 Å². The third-order valence-corrected chi connectivity index (χ3v) is 4.53. The van der Waals surface area contributed by atoms with E-state index in [0.717, 1.165) is 6.42 Å². The first-order chi connectivity index (χ1) is 11.3. The van der Waals surface area contributed by atoms with Crippen LogP contribution in [0.5, 0.6) is 0 Å². The van der Waals surface area contributed by atoms with E-state index < -0.39 is 0 Å². The lowest BCUT2D eigenvalue weighted by Gasteiger charge is -2.06. The van der Waals surface area contributed by atoms with Crippen LogP contribution in [0.2, 0.25) is 0 Å². The van der Waals surface area contributed by atoms with Crippen LogP contribution in [-0.2, 0) is 6.42 Å². The zero-order chi connectivity index (χ0) is 16.6. The molecular weight excluding hydrogens is 280 g/mol. The van der Waals surface area contributed by atoms with Crippen LogP contribution in [0.4, 0.5) is 0 Å². The molecule has 1 rings (SSSR count). The SMILES string of the molecule is C=C(CCCCCCCCO)CCCCCCc1ccccc1. The van der Waals surface area contributed by atoms with Crippen molar-refractivity contribution in [1.82, 2.24) is 0 Å². The second kappa shape index (κ2) is 14.5. The standard InChI is InChI=1S/C22H36O/c1-21(15-9-4-2-3-7-14-20-23)16-10-5-6-11-17-22-18-12-8-13-19-22/h8,12-13,18-19,23H,1-7,9-11,14-17,20H2. The van der Waals surface area contributed by atoms with Gasteiger partial charge in [-0.15, -0.1) is 0 Å². The number of unbranched alkanes of at least 4 members (excludes halogenated alkanes) is 8. The van der Waals surface area contributed by atoms with E-state index in [1.54, 1.807) is 0 Å². The van der Waals surface area contributed by atoms with Crippen molar-refractivity contribution in [1.29, 1.82) is 0 Å². The van der Waals surface area contributed by atoms with Gasteiger partial charge in [0, 0.05) is 6.61 Å². The summed E-state index contributed by atoms with van der Waals surface area (Å²) in [6.45, 7) is 4.58. The normalized spacial score (nSPS) is 10.8. The van der Waals surface area contributed by atoms with Gasteiger partial charge in [0.05, 0.1) is 0 Å². The van der Waals surface area contributed by atoms with E-state index in [-0.39, 0.29) is 0 Å². The van der Waals surface area contributed by atoms with Gasteiger partial charge in [-0.3, -0.25) is 0 Å². The van der Waals surface area contributed by atoms with E-state index in [1.165, 1.54) is 88.2 Å². The molecule has 0 heterocycles. The zero-order valence-electron chi connectivity index (χ0n) is 14.9. The van der Waals surface area contributed by atoms with Gasteiger partial charge in [0.2, 0.25) is 0 Å². The Morgan fingerprint density at radius 3 is 1.83 bits per heavy atom. The van der Waals surface area contributed by atoms with E-state index in [4.69, 9.17) is 5.11 Å². The molecule has 0 saturated carbocycles. The summed E-state index contributed by atoms with van der Waals surface area (Å²) >= 11 is 0. The van der Waals surface area contributed by atoms with Gasteiger partial charge in [0.1, 0.15) is 0 Å². The molecule has 0 bridgehead atoms. The predicted octanol–water partition coefficient (Wildman–Crippen LogP) is 6.46. The monoisotopic (exact) mass is 316 g/mol. The molecule has 0 aromatic heterocycles. The minimum Gasteiger partial charge on any atom is -0.396 e. The van der Waals surface area contributed by atoms with Crippen LogP contribution in [0.3, 0.4) is 0 Å². The highest BCUT2D eigenvalue weighted by Crippen LogP contribution is 2.16. The Morgan fingerprint density at radius 2 is 1.22 bits per heavy atom. The fraction of sp³-hybridized carbons (Fsp3) is 0.636. The lowest BCUT2D eigenvalue weighted by Crippen LogP contribution is -1.88. The van der Waals surface area contributed by atoms with Gasteiger partial charge in [0.15, 0.2) is 0 Å². The molecule has 0 aliphatic rings. The molecule has 0 spiro atoms. The van der Waals surface area contributed by atoms with E-state index in [1.807, 2.05) is 0 Å². The molecule has 23 heavy (non-hydrogen) atoms. The van der Waals surface area contributed by atoms with Crippen molar-refractivity contribution in [3.8, 4) is 0 Å². The Morgan fingerprint density at radius 1 is 0.696 bits per heavy atom. The summed E-state index contributed by atoms with van der Waals surface area (Å²) < 4.78 is 0. The number of aryl methyl sites for hydroxylation is 1.